The van der Waals surface area contributed by atoms with Gasteiger partial charge in [0.05, 0.1) is 6.04 Å². The zero-order valence-corrected chi connectivity index (χ0v) is 15.0. The summed E-state index contributed by atoms with van der Waals surface area (Å²) in [5.41, 5.74) is 2.43. The third-order valence-electron chi connectivity index (χ3n) is 4.06. The van der Waals surface area contributed by atoms with E-state index in [4.69, 9.17) is 4.74 Å². The molecule has 0 aliphatic heterocycles. The summed E-state index contributed by atoms with van der Waals surface area (Å²) in [6.45, 7) is 8.60. The molecule has 0 fully saturated rings. The lowest BCUT2D eigenvalue weighted by molar-refractivity contribution is -0.124. The van der Waals surface area contributed by atoms with Gasteiger partial charge in [0.1, 0.15) is 5.75 Å². The Balaban J connectivity index is 1.98. The van der Waals surface area contributed by atoms with Crippen molar-refractivity contribution in [3.05, 3.63) is 65.7 Å². The third kappa shape index (κ3) is 5.12. The van der Waals surface area contributed by atoms with Crippen molar-refractivity contribution < 1.29 is 9.53 Å². The van der Waals surface area contributed by atoms with Crippen LogP contribution in [0.4, 0.5) is 0 Å². The first kappa shape index (κ1) is 18.1. The molecule has 3 heteroatoms. The summed E-state index contributed by atoms with van der Waals surface area (Å²) in [4.78, 5) is 12.2. The average molecular weight is 325 g/mol. The number of carbonyl (C=O) groups excluding carboxylic acids is 1. The van der Waals surface area contributed by atoms with Crippen LogP contribution < -0.4 is 10.1 Å². The minimum atomic E-state index is -0.106. The van der Waals surface area contributed by atoms with E-state index in [1.165, 1.54) is 5.56 Å². The zero-order valence-electron chi connectivity index (χ0n) is 15.0. The fourth-order valence-electron chi connectivity index (χ4n) is 2.60. The van der Waals surface area contributed by atoms with Crippen LogP contribution in [0.3, 0.4) is 0 Å². The molecule has 128 valence electrons. The van der Waals surface area contributed by atoms with Gasteiger partial charge in [-0.2, -0.15) is 0 Å². The fraction of sp³-hybridized carbons (Fsp3) is 0.381. The topological polar surface area (TPSA) is 38.3 Å². The number of benzene rings is 2. The van der Waals surface area contributed by atoms with Crippen LogP contribution in [0.25, 0.3) is 0 Å². The summed E-state index contributed by atoms with van der Waals surface area (Å²) in [7, 11) is 0. The minimum absolute atomic E-state index is 0.0157. The molecule has 0 spiro atoms. The highest BCUT2D eigenvalue weighted by Gasteiger charge is 2.18. The predicted molar refractivity (Wildman–Crippen MR) is 98.2 cm³/mol. The summed E-state index contributed by atoms with van der Waals surface area (Å²) in [5, 5.41) is 3.09. The number of rotatable bonds is 7. The Morgan fingerprint density at radius 3 is 2.04 bits per heavy atom. The van der Waals surface area contributed by atoms with E-state index >= 15 is 0 Å². The number of para-hydroxylation sites is 1. The SMILES string of the molecule is CC(C)c1ccc([C@H](NC(=O)COc2ccccc2)C(C)C)cc1. The first-order valence-electron chi connectivity index (χ1n) is 8.54. The molecule has 2 rings (SSSR count). The van der Waals surface area contributed by atoms with Crippen molar-refractivity contribution in [1.82, 2.24) is 5.32 Å². The Hall–Kier alpha value is -2.29. The molecule has 0 radical (unpaired) electrons. The number of hydrogen-bond donors (Lipinski definition) is 1. The van der Waals surface area contributed by atoms with Gasteiger partial charge in [0.15, 0.2) is 6.61 Å². The molecule has 1 N–H and O–H groups in total. The monoisotopic (exact) mass is 325 g/mol. The molecule has 2 aromatic carbocycles. The van der Waals surface area contributed by atoms with Crippen LogP contribution in [0, 0.1) is 5.92 Å². The van der Waals surface area contributed by atoms with Crippen LogP contribution >= 0.6 is 0 Å². The van der Waals surface area contributed by atoms with Crippen molar-refractivity contribution in [2.24, 2.45) is 5.92 Å². The van der Waals surface area contributed by atoms with Crippen molar-refractivity contribution in [1.29, 1.82) is 0 Å². The summed E-state index contributed by atoms with van der Waals surface area (Å²) in [6.07, 6.45) is 0. The van der Waals surface area contributed by atoms with E-state index < -0.39 is 0 Å². The smallest absolute Gasteiger partial charge is 0.258 e. The first-order valence-corrected chi connectivity index (χ1v) is 8.54. The van der Waals surface area contributed by atoms with E-state index in [0.717, 1.165) is 5.56 Å². The third-order valence-corrected chi connectivity index (χ3v) is 4.06. The van der Waals surface area contributed by atoms with Crippen LogP contribution in [0.2, 0.25) is 0 Å². The van der Waals surface area contributed by atoms with Gasteiger partial charge in [0.25, 0.3) is 5.91 Å². The van der Waals surface area contributed by atoms with Gasteiger partial charge in [-0.05, 0) is 35.1 Å². The Labute approximate surface area is 145 Å². The lowest BCUT2D eigenvalue weighted by atomic mass is 9.93. The largest absolute Gasteiger partial charge is 0.484 e. The van der Waals surface area contributed by atoms with Gasteiger partial charge in [-0.3, -0.25) is 4.79 Å². The van der Waals surface area contributed by atoms with Crippen molar-refractivity contribution in [2.45, 2.75) is 39.7 Å². The molecule has 1 amide bonds. The Bertz CT molecular complexity index is 633. The minimum Gasteiger partial charge on any atom is -0.484 e. The maximum absolute atomic E-state index is 12.2. The highest BCUT2D eigenvalue weighted by atomic mass is 16.5. The fourth-order valence-corrected chi connectivity index (χ4v) is 2.60. The highest BCUT2D eigenvalue weighted by molar-refractivity contribution is 5.78. The standard InChI is InChI=1S/C21H27NO2/c1-15(2)17-10-12-18(13-11-17)21(16(3)4)22-20(23)14-24-19-8-6-5-7-9-19/h5-13,15-16,21H,14H2,1-4H3,(H,22,23)/t21-/m1/s1. The molecular weight excluding hydrogens is 298 g/mol. The van der Waals surface area contributed by atoms with Gasteiger partial charge in [-0.15, -0.1) is 0 Å². The van der Waals surface area contributed by atoms with E-state index in [1.807, 2.05) is 30.3 Å². The van der Waals surface area contributed by atoms with Gasteiger partial charge in [-0.1, -0.05) is 70.2 Å². The predicted octanol–water partition coefficient (Wildman–Crippen LogP) is 4.70. The van der Waals surface area contributed by atoms with Gasteiger partial charge in [0, 0.05) is 0 Å². The van der Waals surface area contributed by atoms with E-state index in [9.17, 15) is 4.79 Å². The second-order valence-corrected chi connectivity index (χ2v) is 6.71. The molecule has 0 aliphatic carbocycles. The average Bonchev–Trinajstić information content (AvgIpc) is 2.58. The highest BCUT2D eigenvalue weighted by Crippen LogP contribution is 2.24. The molecule has 24 heavy (non-hydrogen) atoms. The molecule has 0 aliphatic rings. The molecule has 0 aromatic heterocycles. The summed E-state index contributed by atoms with van der Waals surface area (Å²) in [5.74, 6) is 1.40. The zero-order chi connectivity index (χ0) is 17.5. The van der Waals surface area contributed by atoms with Crippen LogP contribution in [0.5, 0.6) is 5.75 Å². The van der Waals surface area contributed by atoms with Crippen LogP contribution in [0.1, 0.15) is 50.8 Å². The molecule has 0 bridgehead atoms. The Morgan fingerprint density at radius 2 is 1.50 bits per heavy atom. The molecule has 3 nitrogen and oxygen atoms in total. The quantitative estimate of drug-likeness (QED) is 0.801. The lowest BCUT2D eigenvalue weighted by Crippen LogP contribution is -2.35. The van der Waals surface area contributed by atoms with Crippen molar-refractivity contribution in [2.75, 3.05) is 6.61 Å². The Kier molecular flexibility index (Phi) is 6.42. The molecule has 1 atom stereocenters. The van der Waals surface area contributed by atoms with Crippen LogP contribution in [-0.2, 0) is 4.79 Å². The molecule has 0 saturated heterocycles. The second kappa shape index (κ2) is 8.53. The van der Waals surface area contributed by atoms with Gasteiger partial charge in [0.2, 0.25) is 0 Å². The lowest BCUT2D eigenvalue weighted by Gasteiger charge is -2.23. The molecule has 0 heterocycles. The van der Waals surface area contributed by atoms with E-state index in [1.54, 1.807) is 0 Å². The first-order chi connectivity index (χ1) is 11.5. The van der Waals surface area contributed by atoms with Crippen molar-refractivity contribution in [3.8, 4) is 5.75 Å². The summed E-state index contributed by atoms with van der Waals surface area (Å²) in [6, 6.07) is 17.9. The summed E-state index contributed by atoms with van der Waals surface area (Å²) < 4.78 is 5.52. The Morgan fingerprint density at radius 1 is 0.917 bits per heavy atom. The molecule has 0 saturated carbocycles. The molecule has 2 aromatic rings. The number of nitrogens with one attached hydrogen (secondary N) is 1. The van der Waals surface area contributed by atoms with E-state index in [-0.39, 0.29) is 18.6 Å². The van der Waals surface area contributed by atoms with Gasteiger partial charge < -0.3 is 10.1 Å². The maximum atomic E-state index is 12.2. The van der Waals surface area contributed by atoms with Gasteiger partial charge >= 0.3 is 0 Å². The van der Waals surface area contributed by atoms with E-state index in [2.05, 4.69) is 57.3 Å². The number of hydrogen-bond acceptors (Lipinski definition) is 2. The maximum Gasteiger partial charge on any atom is 0.258 e. The molecular formula is C21H27NO2. The summed E-state index contributed by atoms with van der Waals surface area (Å²) >= 11 is 0. The molecule has 0 unspecified atom stereocenters. The second-order valence-electron chi connectivity index (χ2n) is 6.71. The normalized spacial score (nSPS) is 12.2. The van der Waals surface area contributed by atoms with Crippen LogP contribution in [-0.4, -0.2) is 12.5 Å². The van der Waals surface area contributed by atoms with E-state index in [0.29, 0.717) is 17.6 Å². The van der Waals surface area contributed by atoms with Crippen LogP contribution in [0.15, 0.2) is 54.6 Å². The van der Waals surface area contributed by atoms with Crippen molar-refractivity contribution >= 4 is 5.91 Å². The number of ether oxygens (including phenoxy) is 1. The number of carbonyl (C=O) groups is 1. The van der Waals surface area contributed by atoms with Crippen molar-refractivity contribution in [3.63, 3.8) is 0 Å². The van der Waals surface area contributed by atoms with Gasteiger partial charge in [-0.25, -0.2) is 0 Å². The number of amides is 1.